The van der Waals surface area contributed by atoms with Crippen LogP contribution in [0.5, 0.6) is 0 Å². The fourth-order valence-corrected chi connectivity index (χ4v) is 4.34. The van der Waals surface area contributed by atoms with Crippen LogP contribution >= 0.6 is 0 Å². The van der Waals surface area contributed by atoms with E-state index in [2.05, 4.69) is 81.4 Å². The standard InChI is InChI=1S/C28H23NO2/c1-28(2,3)19-10-12-25-21(15-19)23-16-22-20-14-18(13-17-7-5-4-6-8-17)9-11-24(20)30-26(22)29-27(23)31-25/h4-12,14-16H,13H2,1-3H3. The molecule has 0 aliphatic carbocycles. The molecule has 0 spiro atoms. The molecule has 0 atom stereocenters. The zero-order valence-electron chi connectivity index (χ0n) is 17.9. The second kappa shape index (κ2) is 6.45. The van der Waals surface area contributed by atoms with Gasteiger partial charge in [-0.1, -0.05) is 63.2 Å². The van der Waals surface area contributed by atoms with E-state index in [0.717, 1.165) is 39.1 Å². The molecule has 6 rings (SSSR count). The number of nitrogens with zero attached hydrogens (tertiary/aromatic N) is 1. The summed E-state index contributed by atoms with van der Waals surface area (Å²) in [5.74, 6) is 0. The molecule has 6 aromatic rings. The highest BCUT2D eigenvalue weighted by molar-refractivity contribution is 6.12. The van der Waals surface area contributed by atoms with Gasteiger partial charge in [0, 0.05) is 21.5 Å². The quantitative estimate of drug-likeness (QED) is 0.295. The summed E-state index contributed by atoms with van der Waals surface area (Å²) in [6, 6.07) is 25.5. The zero-order valence-corrected chi connectivity index (χ0v) is 17.9. The molecule has 3 aromatic carbocycles. The average Bonchev–Trinajstić information content (AvgIpc) is 3.28. The maximum absolute atomic E-state index is 6.07. The zero-order chi connectivity index (χ0) is 21.2. The highest BCUT2D eigenvalue weighted by Gasteiger charge is 2.18. The highest BCUT2D eigenvalue weighted by Crippen LogP contribution is 2.36. The van der Waals surface area contributed by atoms with Gasteiger partial charge in [-0.3, -0.25) is 0 Å². The monoisotopic (exact) mass is 405 g/mol. The van der Waals surface area contributed by atoms with Gasteiger partial charge >= 0.3 is 0 Å². The molecule has 0 saturated carbocycles. The van der Waals surface area contributed by atoms with Crippen LogP contribution in [0.2, 0.25) is 0 Å². The Kier molecular flexibility index (Phi) is 3.79. The molecule has 0 saturated heterocycles. The van der Waals surface area contributed by atoms with Crippen molar-refractivity contribution >= 4 is 44.1 Å². The summed E-state index contributed by atoms with van der Waals surface area (Å²) in [5, 5.41) is 4.26. The van der Waals surface area contributed by atoms with E-state index in [1.165, 1.54) is 16.7 Å². The van der Waals surface area contributed by atoms with Gasteiger partial charge in [-0.15, -0.1) is 0 Å². The third-order valence-corrected chi connectivity index (χ3v) is 6.09. The largest absolute Gasteiger partial charge is 0.438 e. The average molecular weight is 405 g/mol. The van der Waals surface area contributed by atoms with E-state index in [0.29, 0.717) is 11.4 Å². The molecule has 0 aliphatic rings. The highest BCUT2D eigenvalue weighted by atomic mass is 16.4. The van der Waals surface area contributed by atoms with E-state index in [1.54, 1.807) is 0 Å². The van der Waals surface area contributed by atoms with E-state index >= 15 is 0 Å². The third kappa shape index (κ3) is 3.00. The fourth-order valence-electron chi connectivity index (χ4n) is 4.34. The number of pyridine rings is 1. The predicted molar refractivity (Wildman–Crippen MR) is 127 cm³/mol. The molecule has 0 bridgehead atoms. The van der Waals surface area contributed by atoms with Crippen molar-refractivity contribution in [2.45, 2.75) is 32.6 Å². The van der Waals surface area contributed by atoms with E-state index in [-0.39, 0.29) is 5.41 Å². The lowest BCUT2D eigenvalue weighted by atomic mass is 9.86. The first-order chi connectivity index (χ1) is 15.0. The van der Waals surface area contributed by atoms with Gasteiger partial charge in [0.15, 0.2) is 0 Å². The van der Waals surface area contributed by atoms with Crippen molar-refractivity contribution in [3.63, 3.8) is 0 Å². The van der Waals surface area contributed by atoms with Crippen LogP contribution in [0.3, 0.4) is 0 Å². The Morgan fingerprint density at radius 1 is 0.645 bits per heavy atom. The van der Waals surface area contributed by atoms with Gasteiger partial charge in [0.1, 0.15) is 11.2 Å². The van der Waals surface area contributed by atoms with Crippen LogP contribution in [0.1, 0.15) is 37.5 Å². The van der Waals surface area contributed by atoms with Crippen LogP contribution in [-0.4, -0.2) is 4.98 Å². The summed E-state index contributed by atoms with van der Waals surface area (Å²) in [6.45, 7) is 6.68. The number of fused-ring (bicyclic) bond motifs is 6. The van der Waals surface area contributed by atoms with Gasteiger partial charge in [-0.25, -0.2) is 0 Å². The molecule has 31 heavy (non-hydrogen) atoms. The number of aromatic nitrogens is 1. The summed E-state index contributed by atoms with van der Waals surface area (Å²) in [7, 11) is 0. The molecule has 0 radical (unpaired) electrons. The van der Waals surface area contributed by atoms with Gasteiger partial charge in [0.25, 0.3) is 0 Å². The smallest absolute Gasteiger partial charge is 0.230 e. The van der Waals surface area contributed by atoms with Crippen LogP contribution in [0.25, 0.3) is 44.1 Å². The Morgan fingerprint density at radius 2 is 1.29 bits per heavy atom. The van der Waals surface area contributed by atoms with Crippen molar-refractivity contribution in [3.8, 4) is 0 Å². The van der Waals surface area contributed by atoms with Crippen molar-refractivity contribution in [3.05, 3.63) is 89.5 Å². The summed E-state index contributed by atoms with van der Waals surface area (Å²) < 4.78 is 12.1. The first kappa shape index (κ1) is 18.2. The number of hydrogen-bond donors (Lipinski definition) is 0. The van der Waals surface area contributed by atoms with E-state index in [4.69, 9.17) is 13.8 Å². The number of benzene rings is 3. The molecule has 152 valence electrons. The third-order valence-electron chi connectivity index (χ3n) is 6.09. The summed E-state index contributed by atoms with van der Waals surface area (Å²) in [5.41, 5.74) is 6.86. The van der Waals surface area contributed by atoms with Crippen molar-refractivity contribution in [2.75, 3.05) is 0 Å². The van der Waals surface area contributed by atoms with Crippen LogP contribution in [0.15, 0.2) is 81.6 Å². The molecule has 3 aromatic heterocycles. The lowest BCUT2D eigenvalue weighted by Crippen LogP contribution is -2.10. The number of rotatable bonds is 2. The second-order valence-corrected chi connectivity index (χ2v) is 9.35. The van der Waals surface area contributed by atoms with Crippen molar-refractivity contribution in [1.82, 2.24) is 4.98 Å². The SMILES string of the molecule is CC(C)(C)c1ccc2oc3nc4oc5ccc(Cc6ccccc6)cc5c4cc3c2c1. The molecule has 0 amide bonds. The molecule has 3 nitrogen and oxygen atoms in total. The first-order valence-corrected chi connectivity index (χ1v) is 10.7. The molecular weight excluding hydrogens is 382 g/mol. The minimum Gasteiger partial charge on any atom is -0.438 e. The maximum Gasteiger partial charge on any atom is 0.230 e. The van der Waals surface area contributed by atoms with Crippen molar-refractivity contribution in [1.29, 1.82) is 0 Å². The molecular formula is C28H23NO2. The molecule has 0 unspecified atom stereocenters. The molecule has 0 fully saturated rings. The molecule has 0 aliphatic heterocycles. The van der Waals surface area contributed by atoms with Gasteiger partial charge in [0.05, 0.1) is 0 Å². The Hall–Kier alpha value is -3.59. The minimum absolute atomic E-state index is 0.0734. The van der Waals surface area contributed by atoms with Crippen LogP contribution in [0.4, 0.5) is 0 Å². The number of hydrogen-bond acceptors (Lipinski definition) is 3. The molecule has 0 N–H and O–H groups in total. The van der Waals surface area contributed by atoms with Crippen LogP contribution in [-0.2, 0) is 11.8 Å². The second-order valence-electron chi connectivity index (χ2n) is 9.35. The van der Waals surface area contributed by atoms with Crippen LogP contribution < -0.4 is 0 Å². The molecule has 3 heterocycles. The minimum atomic E-state index is 0.0734. The Balaban J connectivity index is 1.56. The van der Waals surface area contributed by atoms with Crippen molar-refractivity contribution in [2.24, 2.45) is 0 Å². The summed E-state index contributed by atoms with van der Waals surface area (Å²) in [6.07, 6.45) is 0.892. The van der Waals surface area contributed by atoms with E-state index in [1.807, 2.05) is 12.1 Å². The lowest BCUT2D eigenvalue weighted by molar-refractivity contribution is 0.590. The van der Waals surface area contributed by atoms with Crippen LogP contribution in [0, 0.1) is 0 Å². The Labute approximate surface area is 180 Å². The van der Waals surface area contributed by atoms with Gasteiger partial charge in [-0.2, -0.15) is 4.98 Å². The summed E-state index contributed by atoms with van der Waals surface area (Å²) in [4.78, 5) is 4.72. The van der Waals surface area contributed by atoms with Gasteiger partial charge < -0.3 is 8.83 Å². The fraction of sp³-hybridized carbons (Fsp3) is 0.179. The van der Waals surface area contributed by atoms with Gasteiger partial charge in [-0.05, 0) is 58.9 Å². The normalized spacial score (nSPS) is 12.5. The van der Waals surface area contributed by atoms with Crippen molar-refractivity contribution < 1.29 is 8.83 Å². The molecule has 3 heteroatoms. The van der Waals surface area contributed by atoms with Gasteiger partial charge in [0.2, 0.25) is 11.4 Å². The van der Waals surface area contributed by atoms with E-state index in [9.17, 15) is 0 Å². The summed E-state index contributed by atoms with van der Waals surface area (Å²) >= 11 is 0. The Bertz CT molecular complexity index is 1580. The first-order valence-electron chi connectivity index (χ1n) is 10.7. The topological polar surface area (TPSA) is 39.2 Å². The number of furan rings is 2. The lowest BCUT2D eigenvalue weighted by Gasteiger charge is -2.18. The Morgan fingerprint density at radius 3 is 1.97 bits per heavy atom. The predicted octanol–water partition coefficient (Wildman–Crippen LogP) is 7.77. The van der Waals surface area contributed by atoms with E-state index < -0.39 is 0 Å². The maximum atomic E-state index is 6.07.